The van der Waals surface area contributed by atoms with Gasteiger partial charge in [0.25, 0.3) is 5.91 Å². The van der Waals surface area contributed by atoms with Crippen LogP contribution in [0.2, 0.25) is 5.02 Å². The van der Waals surface area contributed by atoms with Crippen LogP contribution in [0.15, 0.2) is 47.5 Å². The third kappa shape index (κ3) is 8.20. The molecule has 4 N–H and O–H groups in total. The van der Waals surface area contributed by atoms with Crippen LogP contribution in [0.25, 0.3) is 0 Å². The number of alkyl halides is 6. The zero-order valence-electron chi connectivity index (χ0n) is 21.0. The highest BCUT2D eigenvalue weighted by molar-refractivity contribution is 6.31. The molecule has 0 bridgehead atoms. The van der Waals surface area contributed by atoms with Crippen molar-refractivity contribution in [2.45, 2.75) is 51.1 Å². The summed E-state index contributed by atoms with van der Waals surface area (Å²) in [5.74, 6) is -7.29. The molecule has 7 nitrogen and oxygen atoms in total. The molecule has 0 radical (unpaired) electrons. The molecule has 0 aliphatic carbocycles. The van der Waals surface area contributed by atoms with E-state index in [4.69, 9.17) is 17.3 Å². The van der Waals surface area contributed by atoms with Gasteiger partial charge in [-0.15, -0.1) is 0 Å². The van der Waals surface area contributed by atoms with E-state index in [0.717, 1.165) is 0 Å². The van der Waals surface area contributed by atoms with Crippen molar-refractivity contribution in [2.75, 3.05) is 5.32 Å². The number of anilines is 1. The second-order valence-electron chi connectivity index (χ2n) is 9.31. The minimum absolute atomic E-state index is 0.209. The van der Waals surface area contributed by atoms with E-state index in [0.29, 0.717) is 27.4 Å². The summed E-state index contributed by atoms with van der Waals surface area (Å²) in [7, 11) is 0. The summed E-state index contributed by atoms with van der Waals surface area (Å²) in [6.07, 6.45) is -16.4. The lowest BCUT2D eigenvalue weighted by atomic mass is 9.83. The number of para-hydroxylation sites is 1. The number of rotatable bonds is 9. The summed E-state index contributed by atoms with van der Waals surface area (Å²) in [5, 5.41) is 5.18. The van der Waals surface area contributed by atoms with Gasteiger partial charge in [0.2, 0.25) is 18.0 Å². The Morgan fingerprint density at radius 3 is 2.20 bits per heavy atom. The lowest BCUT2D eigenvalue weighted by Gasteiger charge is -2.26. The Bertz CT molecular complexity index is 1310. The van der Waals surface area contributed by atoms with Crippen molar-refractivity contribution in [2.24, 2.45) is 22.6 Å². The molecule has 0 saturated heterocycles. The van der Waals surface area contributed by atoms with E-state index in [-0.39, 0.29) is 5.71 Å². The van der Waals surface area contributed by atoms with Crippen LogP contribution in [0.1, 0.15) is 42.4 Å². The van der Waals surface area contributed by atoms with Crippen molar-refractivity contribution in [3.05, 3.63) is 64.2 Å². The van der Waals surface area contributed by atoms with Gasteiger partial charge in [-0.05, 0) is 37.5 Å². The van der Waals surface area contributed by atoms with Gasteiger partial charge in [-0.3, -0.25) is 14.4 Å². The summed E-state index contributed by atoms with van der Waals surface area (Å²) in [4.78, 5) is 42.8. The van der Waals surface area contributed by atoms with Crippen LogP contribution in [0.5, 0.6) is 0 Å². The van der Waals surface area contributed by atoms with E-state index < -0.39 is 73.8 Å². The third-order valence-electron chi connectivity index (χ3n) is 6.33. The number of carbonyl (C=O) groups is 3. The molecule has 40 heavy (non-hydrogen) atoms. The number of nitrogens with two attached hydrogens (primary N) is 1. The number of hydrogen-bond acceptors (Lipinski definition) is 4. The maximum atomic E-state index is 13.3. The highest BCUT2D eigenvalue weighted by Gasteiger charge is 2.40. The summed E-state index contributed by atoms with van der Waals surface area (Å²) in [5.41, 5.74) is 7.34. The van der Waals surface area contributed by atoms with Gasteiger partial charge in [0.1, 0.15) is 0 Å². The number of halogens is 7. The van der Waals surface area contributed by atoms with Crippen molar-refractivity contribution in [1.29, 1.82) is 0 Å². The second-order valence-corrected chi connectivity index (χ2v) is 9.75. The lowest BCUT2D eigenvalue weighted by Crippen LogP contribution is -2.48. The smallest absolute Gasteiger partial charge is 0.369 e. The number of amides is 3. The van der Waals surface area contributed by atoms with E-state index >= 15 is 0 Å². The molecule has 2 aromatic carbocycles. The SMILES string of the molecule is Cc1cccc2c1NC(=O)C(NC(=O)C(CCC(F)(F)F)C(CCC(F)(F)F)C(N)=O)N=C2c1cccc(Cl)c1. The first-order valence-electron chi connectivity index (χ1n) is 12.0. The van der Waals surface area contributed by atoms with Crippen LogP contribution in [-0.2, 0) is 14.4 Å². The first-order valence-corrected chi connectivity index (χ1v) is 12.4. The quantitative estimate of drug-likeness (QED) is 0.345. The topological polar surface area (TPSA) is 114 Å². The highest BCUT2D eigenvalue weighted by Crippen LogP contribution is 2.33. The van der Waals surface area contributed by atoms with E-state index in [1.54, 1.807) is 49.4 Å². The van der Waals surface area contributed by atoms with Gasteiger partial charge in [0, 0.05) is 40.8 Å². The third-order valence-corrected chi connectivity index (χ3v) is 6.56. The van der Waals surface area contributed by atoms with Crippen LogP contribution in [-0.4, -0.2) is 42.0 Å². The monoisotopic (exact) mass is 590 g/mol. The van der Waals surface area contributed by atoms with Gasteiger partial charge in [-0.2, -0.15) is 26.3 Å². The van der Waals surface area contributed by atoms with Crippen molar-refractivity contribution < 1.29 is 40.7 Å². The second kappa shape index (κ2) is 12.3. The van der Waals surface area contributed by atoms with Crippen molar-refractivity contribution in [3.8, 4) is 0 Å². The molecular weight excluding hydrogens is 566 g/mol. The Labute approximate surface area is 230 Å². The number of carbonyl (C=O) groups excluding carboxylic acids is 3. The predicted octanol–water partition coefficient (Wildman–Crippen LogP) is 5.28. The fourth-order valence-corrected chi connectivity index (χ4v) is 4.57. The number of benzene rings is 2. The van der Waals surface area contributed by atoms with E-state index in [9.17, 15) is 40.7 Å². The minimum atomic E-state index is -4.78. The van der Waals surface area contributed by atoms with Crippen LogP contribution in [0, 0.1) is 18.8 Å². The molecule has 0 spiro atoms. The summed E-state index contributed by atoms with van der Waals surface area (Å²) < 4.78 is 77.7. The Hall–Kier alpha value is -3.61. The number of nitrogens with one attached hydrogen (secondary N) is 2. The zero-order chi connectivity index (χ0) is 29.8. The Kier molecular flexibility index (Phi) is 9.49. The lowest BCUT2D eigenvalue weighted by molar-refractivity contribution is -0.152. The van der Waals surface area contributed by atoms with E-state index in [1.165, 1.54) is 0 Å². The maximum absolute atomic E-state index is 13.3. The Morgan fingerprint density at radius 2 is 1.62 bits per heavy atom. The molecule has 2 aromatic rings. The molecule has 216 valence electrons. The first-order chi connectivity index (χ1) is 18.6. The standard InChI is InChI=1S/C26H25ClF6N4O3/c1-13-4-2-7-18-19(13)36-24(40)22(35-20(18)14-5-3-6-15(27)12-14)37-23(39)17(9-11-26(31,32)33)16(21(34)38)8-10-25(28,29)30/h2-7,12,16-17,22H,8-11H2,1H3,(H2,34,38)(H,36,40)(H,37,39). The van der Waals surface area contributed by atoms with E-state index in [1.807, 2.05) is 0 Å². The van der Waals surface area contributed by atoms with E-state index in [2.05, 4.69) is 15.6 Å². The fraction of sp³-hybridized carbons (Fsp3) is 0.385. The average molecular weight is 591 g/mol. The van der Waals surface area contributed by atoms with Crippen LogP contribution in [0.4, 0.5) is 32.0 Å². The Balaban J connectivity index is 2.02. The molecule has 3 unspecified atom stereocenters. The number of fused-ring (bicyclic) bond motifs is 1. The molecule has 1 aliphatic rings. The molecule has 14 heteroatoms. The Morgan fingerprint density at radius 1 is 1.02 bits per heavy atom. The summed E-state index contributed by atoms with van der Waals surface area (Å²) in [6.45, 7) is 1.71. The van der Waals surface area contributed by atoms with Crippen LogP contribution < -0.4 is 16.4 Å². The number of aryl methyl sites for hydroxylation is 1. The van der Waals surface area contributed by atoms with Crippen molar-refractivity contribution in [1.82, 2.24) is 5.32 Å². The molecule has 1 heterocycles. The highest BCUT2D eigenvalue weighted by atomic mass is 35.5. The largest absolute Gasteiger partial charge is 0.389 e. The van der Waals surface area contributed by atoms with Crippen molar-refractivity contribution >= 4 is 40.7 Å². The zero-order valence-corrected chi connectivity index (χ0v) is 21.8. The average Bonchev–Trinajstić information content (AvgIpc) is 2.97. The maximum Gasteiger partial charge on any atom is 0.389 e. The molecule has 3 amide bonds. The summed E-state index contributed by atoms with van der Waals surface area (Å²) >= 11 is 6.13. The number of hydrogen-bond donors (Lipinski definition) is 3. The molecule has 0 fully saturated rings. The number of aliphatic imine (C=N–C) groups is 1. The van der Waals surface area contributed by atoms with Gasteiger partial charge >= 0.3 is 12.4 Å². The summed E-state index contributed by atoms with van der Waals surface area (Å²) in [6, 6.07) is 11.5. The van der Waals surface area contributed by atoms with Gasteiger partial charge in [0.15, 0.2) is 0 Å². The predicted molar refractivity (Wildman–Crippen MR) is 136 cm³/mol. The molecular formula is C26H25ClF6N4O3. The number of primary amides is 1. The van der Waals surface area contributed by atoms with Crippen molar-refractivity contribution in [3.63, 3.8) is 0 Å². The van der Waals surface area contributed by atoms with Crippen LogP contribution >= 0.6 is 11.6 Å². The minimum Gasteiger partial charge on any atom is -0.369 e. The number of nitrogens with zero attached hydrogens (tertiary/aromatic N) is 1. The van der Waals surface area contributed by atoms with Gasteiger partial charge in [-0.25, -0.2) is 4.99 Å². The molecule has 0 aromatic heterocycles. The molecule has 1 aliphatic heterocycles. The van der Waals surface area contributed by atoms with Gasteiger partial charge in [-0.1, -0.05) is 41.9 Å². The molecule has 0 saturated carbocycles. The first kappa shape index (κ1) is 30.9. The fourth-order valence-electron chi connectivity index (χ4n) is 4.38. The normalized spacial score (nSPS) is 17.1. The van der Waals surface area contributed by atoms with Crippen LogP contribution in [0.3, 0.4) is 0 Å². The van der Waals surface area contributed by atoms with Gasteiger partial charge in [0.05, 0.1) is 11.4 Å². The number of benzodiazepines with no additional fused rings is 1. The molecule has 3 rings (SSSR count). The molecule has 3 atom stereocenters. The van der Waals surface area contributed by atoms with Gasteiger partial charge < -0.3 is 16.4 Å².